The molecule has 16 atom stereocenters. The number of amides is 14. The zero-order valence-electron chi connectivity index (χ0n) is 69.9. The van der Waals surface area contributed by atoms with Crippen LogP contribution in [-0.4, -0.2) is 255 Å². The zero-order chi connectivity index (χ0) is 91.4. The molecule has 14 amide bonds. The summed E-state index contributed by atoms with van der Waals surface area (Å²) in [4.78, 5) is 240. The van der Waals surface area contributed by atoms with Crippen molar-refractivity contribution in [2.45, 2.75) is 263 Å². The Morgan fingerprint density at radius 2 is 0.708 bits per heavy atom. The van der Waals surface area contributed by atoms with Gasteiger partial charge in [-0.15, -0.1) is 0 Å². The van der Waals surface area contributed by atoms with Crippen molar-refractivity contribution in [3.63, 3.8) is 0 Å². The average molecular weight is 1740 g/mol. The van der Waals surface area contributed by atoms with E-state index >= 15 is 0 Å². The molecule has 0 heterocycles. The molecule has 0 fully saturated rings. The SMILES string of the molecule is CC[C@H](C)[C@H](NC(=O)[C@H](CC(C)C)NC(=O)[C@H](CS)NC(=O)[C@H](CCCCN)NC(=O)[C@H](CCC(=O)O)NC(=O)[C@H](CCC(=O)O)NC(=O)[C@H](Cc1ccc(O)cc1)NC(=O)[C@H](C)NC(=O)[C@H](C)NC(=O)[C@@H](N)CCCN=C(N)N)C(=O)N[C@@H](CC(C)C)C(=O)N[C@@H](CCCN=C(N)N)C(=O)N[C@@H](CS)C(=O)N[C@@H](C)C(=O)N[C@H](C(=O)O)C(C)C. The molecule has 120 heavy (non-hydrogen) atoms. The molecule has 43 nitrogen and oxygen atoms in total. The highest BCUT2D eigenvalue weighted by atomic mass is 32.1. The molecule has 0 unspecified atom stereocenters. The van der Waals surface area contributed by atoms with Crippen LogP contribution in [0.2, 0.25) is 0 Å². The second-order valence-electron chi connectivity index (χ2n) is 30.3. The molecule has 0 bridgehead atoms. The van der Waals surface area contributed by atoms with Gasteiger partial charge in [-0.1, -0.05) is 73.9 Å². The lowest BCUT2D eigenvalue weighted by Gasteiger charge is -2.30. The van der Waals surface area contributed by atoms with Crippen molar-refractivity contribution in [1.29, 1.82) is 0 Å². The van der Waals surface area contributed by atoms with Crippen LogP contribution >= 0.6 is 25.3 Å². The van der Waals surface area contributed by atoms with Crippen LogP contribution in [0.25, 0.3) is 0 Å². The highest BCUT2D eigenvalue weighted by molar-refractivity contribution is 7.80. The summed E-state index contributed by atoms with van der Waals surface area (Å²) in [5.74, 6) is -20.6. The summed E-state index contributed by atoms with van der Waals surface area (Å²) in [5.41, 5.74) is 33.8. The summed E-state index contributed by atoms with van der Waals surface area (Å²) in [6.45, 7) is 17.6. The van der Waals surface area contributed by atoms with E-state index in [-0.39, 0.29) is 119 Å². The standard InChI is InChI=1S/C75H128N22O21S2/c1-12-39(8)58(72(116)93-50(31-36(2)3)67(111)88-47(19-16-30-83-75(80)81)64(108)94-53(34-119)70(114)86-42(11)61(105)96-57(38(6)7)73(117)118)97-69(113)51(32-37(4)5)92-71(115)54(35-120)95-63(107)46(18-13-14-28-76)87-65(109)48(24-26-55(99)100)89-66(110)49(25-27-56(101)102)90-68(112)52(33-43-20-22-44(98)23-21-43)91-60(104)41(10)84-59(103)40(9)85-62(106)45(77)17-15-29-82-74(78)79/h20-23,36-42,45-54,57-58,98,119-120H,12-19,24-35,76-77H2,1-11H3,(H,84,103)(H,85,106)(H,86,114)(H,87,109)(H,88,111)(H,89,110)(H,90,112)(H,91,104)(H,92,115)(H,93,116)(H,94,108)(H,95,107)(H,96,105)(H,97,113)(H,99,100)(H,101,102)(H,117,118)(H4,78,79,82)(H4,80,81,83)/t39-,40-,41-,42-,45-,46-,47-,48-,49-,50-,51-,52-,53-,54-,57-,58-/m0/s1. The van der Waals surface area contributed by atoms with Crippen molar-refractivity contribution >= 4 is 138 Å². The van der Waals surface area contributed by atoms with E-state index in [9.17, 15) is 102 Å². The number of thiol groups is 2. The van der Waals surface area contributed by atoms with E-state index in [1.807, 2.05) is 0 Å². The van der Waals surface area contributed by atoms with Gasteiger partial charge in [0.2, 0.25) is 82.7 Å². The van der Waals surface area contributed by atoms with Gasteiger partial charge in [0.25, 0.3) is 0 Å². The number of carboxylic acids is 3. The topological polar surface area (TPSA) is 720 Å². The van der Waals surface area contributed by atoms with Crippen LogP contribution in [0.4, 0.5) is 0 Å². The Balaban J connectivity index is 3.66. The van der Waals surface area contributed by atoms with E-state index in [0.29, 0.717) is 12.0 Å². The fourth-order valence-corrected chi connectivity index (χ4v) is 12.0. The average Bonchev–Trinajstić information content (AvgIpc) is 0.850. The Morgan fingerprint density at radius 3 is 1.11 bits per heavy atom. The number of rotatable bonds is 58. The van der Waals surface area contributed by atoms with Crippen molar-refractivity contribution < 1.29 is 102 Å². The van der Waals surface area contributed by atoms with Crippen LogP contribution in [0.1, 0.15) is 172 Å². The molecule has 1 rings (SSSR count). The number of carbonyl (C=O) groups is 17. The fraction of sp³-hybridized carbons (Fsp3) is 0.667. The lowest BCUT2D eigenvalue weighted by atomic mass is 9.95. The monoisotopic (exact) mass is 1740 g/mol. The molecule has 0 aliphatic rings. The summed E-state index contributed by atoms with van der Waals surface area (Å²) in [6.07, 6.45) is -2.41. The Labute approximate surface area is 708 Å². The van der Waals surface area contributed by atoms with Crippen molar-refractivity contribution in [1.82, 2.24) is 74.4 Å². The number of phenols is 1. The van der Waals surface area contributed by atoms with Gasteiger partial charge in [-0.3, -0.25) is 86.7 Å². The number of carboxylic acid groups (broad SMARTS) is 3. The fourth-order valence-electron chi connectivity index (χ4n) is 11.5. The molecule has 0 spiro atoms. The van der Waals surface area contributed by atoms with Crippen molar-refractivity contribution in [3.8, 4) is 5.75 Å². The van der Waals surface area contributed by atoms with Gasteiger partial charge in [0.15, 0.2) is 11.9 Å². The minimum Gasteiger partial charge on any atom is -0.508 e. The first-order valence-electron chi connectivity index (χ1n) is 39.7. The van der Waals surface area contributed by atoms with Gasteiger partial charge in [-0.2, -0.15) is 25.3 Å². The van der Waals surface area contributed by atoms with E-state index in [0.717, 1.165) is 0 Å². The zero-order valence-corrected chi connectivity index (χ0v) is 71.7. The molecule has 0 aromatic heterocycles. The minimum absolute atomic E-state index is 0.00749. The summed E-state index contributed by atoms with van der Waals surface area (Å²) >= 11 is 8.56. The van der Waals surface area contributed by atoms with Crippen molar-refractivity contribution in [3.05, 3.63) is 29.8 Å². The van der Waals surface area contributed by atoms with E-state index in [2.05, 4.69) is 110 Å². The van der Waals surface area contributed by atoms with Crippen LogP contribution in [-0.2, 0) is 87.9 Å². The first kappa shape index (κ1) is 107. The normalized spacial score (nSPS) is 15.2. The maximum atomic E-state index is 14.6. The number of aliphatic carboxylic acids is 3. The first-order chi connectivity index (χ1) is 56.2. The number of nitrogens with zero attached hydrogens (tertiary/aromatic N) is 2. The van der Waals surface area contributed by atoms with Gasteiger partial charge in [-0.25, -0.2) is 4.79 Å². The summed E-state index contributed by atoms with van der Waals surface area (Å²) < 4.78 is 0. The number of nitrogens with one attached hydrogen (secondary N) is 14. The molecular formula is C75H128N22O21S2. The summed E-state index contributed by atoms with van der Waals surface area (Å²) in [5, 5.41) is 74.3. The van der Waals surface area contributed by atoms with Gasteiger partial charge in [0.1, 0.15) is 90.3 Å². The number of phenolic OH excluding ortho intramolecular Hbond substituents is 1. The van der Waals surface area contributed by atoms with Gasteiger partial charge in [0, 0.05) is 43.9 Å². The Hall–Kier alpha value is -10.8. The number of benzene rings is 1. The van der Waals surface area contributed by atoms with E-state index in [1.54, 1.807) is 55.4 Å². The van der Waals surface area contributed by atoms with Gasteiger partial charge < -0.3 is 129 Å². The Kier molecular flexibility index (Phi) is 49.9. The van der Waals surface area contributed by atoms with E-state index in [4.69, 9.17) is 34.4 Å². The molecule has 0 radical (unpaired) electrons. The van der Waals surface area contributed by atoms with E-state index < -0.39 is 235 Å². The third-order valence-corrected chi connectivity index (χ3v) is 19.4. The molecule has 30 N–H and O–H groups in total. The second kappa shape index (κ2) is 55.8. The number of nitrogens with two attached hydrogens (primary N) is 6. The first-order valence-corrected chi connectivity index (χ1v) is 40.9. The van der Waals surface area contributed by atoms with Gasteiger partial charge in [-0.05, 0) is 139 Å². The lowest BCUT2D eigenvalue weighted by molar-refractivity contribution is -0.143. The van der Waals surface area contributed by atoms with Crippen LogP contribution in [0.5, 0.6) is 5.75 Å². The van der Waals surface area contributed by atoms with Crippen molar-refractivity contribution in [2.24, 2.45) is 68.1 Å². The third kappa shape index (κ3) is 41.7. The number of aliphatic imine (C=N–C) groups is 2. The van der Waals surface area contributed by atoms with Gasteiger partial charge in [0.05, 0.1) is 6.04 Å². The summed E-state index contributed by atoms with van der Waals surface area (Å²) in [6, 6.07) is -16.5. The molecule has 0 saturated heterocycles. The van der Waals surface area contributed by atoms with Gasteiger partial charge >= 0.3 is 17.9 Å². The molecular weight excluding hydrogens is 1610 g/mol. The predicted octanol–water partition coefficient (Wildman–Crippen LogP) is -5.19. The second-order valence-corrected chi connectivity index (χ2v) is 31.1. The van der Waals surface area contributed by atoms with E-state index in [1.165, 1.54) is 45.0 Å². The lowest BCUT2D eigenvalue weighted by Crippen LogP contribution is -2.62. The number of hydrogen-bond acceptors (Lipinski definition) is 24. The smallest absolute Gasteiger partial charge is 0.326 e. The maximum absolute atomic E-state index is 14.6. The quantitative estimate of drug-likeness (QED) is 0.0125. The molecule has 45 heteroatoms. The summed E-state index contributed by atoms with van der Waals surface area (Å²) in [7, 11) is 0. The number of carbonyl (C=O) groups excluding carboxylic acids is 14. The van der Waals surface area contributed by atoms with Crippen molar-refractivity contribution in [2.75, 3.05) is 31.1 Å². The predicted molar refractivity (Wildman–Crippen MR) is 449 cm³/mol. The Morgan fingerprint density at radius 1 is 0.383 bits per heavy atom. The number of hydrogen-bond donors (Lipinski definition) is 26. The molecule has 0 aliphatic carbocycles. The molecule has 1 aromatic carbocycles. The molecule has 1 aromatic rings. The largest absolute Gasteiger partial charge is 0.508 e. The highest BCUT2D eigenvalue weighted by Gasteiger charge is 2.39. The van der Waals surface area contributed by atoms with Crippen LogP contribution in [0.3, 0.4) is 0 Å². The van der Waals surface area contributed by atoms with Crippen LogP contribution < -0.4 is 109 Å². The minimum atomic E-state index is -1.85. The molecule has 676 valence electrons. The molecule has 0 saturated carbocycles. The number of unbranched alkanes of at least 4 members (excludes halogenated alkanes) is 1. The maximum Gasteiger partial charge on any atom is 0.326 e. The molecule has 0 aliphatic heterocycles. The Bertz CT molecular complexity index is 3660. The third-order valence-electron chi connectivity index (χ3n) is 18.6. The van der Waals surface area contributed by atoms with Crippen LogP contribution in [0, 0.1) is 23.7 Å². The van der Waals surface area contributed by atoms with Crippen LogP contribution in [0.15, 0.2) is 34.3 Å². The highest BCUT2D eigenvalue weighted by Crippen LogP contribution is 2.17. The number of aromatic hydroxyl groups is 1. The number of guanidine groups is 2.